The summed E-state index contributed by atoms with van der Waals surface area (Å²) in [5.74, 6) is 2.88. The maximum absolute atomic E-state index is 13.0. The molecule has 0 saturated heterocycles. The van der Waals surface area contributed by atoms with Crippen molar-refractivity contribution in [3.63, 3.8) is 0 Å². The van der Waals surface area contributed by atoms with Gasteiger partial charge in [-0.25, -0.2) is 8.78 Å². The van der Waals surface area contributed by atoms with Crippen molar-refractivity contribution in [3.05, 3.63) is 204 Å². The molecule has 6 N–H and O–H groups in total. The second-order valence-corrected chi connectivity index (χ2v) is 40.2. The van der Waals surface area contributed by atoms with Crippen LogP contribution in [0.25, 0.3) is 0 Å². The van der Waals surface area contributed by atoms with Crippen LogP contribution in [0.3, 0.4) is 0 Å². The summed E-state index contributed by atoms with van der Waals surface area (Å²) in [6.07, 6.45) is 33.0. The zero-order chi connectivity index (χ0) is 95.6. The highest BCUT2D eigenvalue weighted by Gasteiger charge is 2.35. The fraction of sp³-hybridized carbons (Fsp3) is 0.613. The smallest absolute Gasteiger partial charge is 0.376 e. The Bertz CT molecular complexity index is 3920. The Kier molecular flexibility index (Phi) is 66.5. The van der Waals surface area contributed by atoms with Crippen molar-refractivity contribution in [2.45, 2.75) is 327 Å². The molecule has 0 heterocycles. The second-order valence-electron chi connectivity index (χ2n) is 31.7. The van der Waals surface area contributed by atoms with E-state index in [9.17, 15) is 82.6 Å². The molecule has 720 valence electrons. The number of nitro benzene ring substituents is 6. The van der Waals surface area contributed by atoms with Gasteiger partial charge in [0.2, 0.25) is 0 Å². The van der Waals surface area contributed by atoms with Crippen molar-refractivity contribution in [3.8, 4) is 0 Å². The van der Waals surface area contributed by atoms with Crippen molar-refractivity contribution >= 4 is 139 Å². The maximum atomic E-state index is 13.0. The first kappa shape index (κ1) is 118. The Morgan fingerprint density at radius 1 is 0.289 bits per heavy atom. The first-order valence-corrected chi connectivity index (χ1v) is 51.4. The zero-order valence-electron chi connectivity index (χ0n) is 77.8. The van der Waals surface area contributed by atoms with E-state index < -0.39 is 53.7 Å². The Balaban J connectivity index is 0.000000769. The molecule has 6 rings (SSSR count). The van der Waals surface area contributed by atoms with Crippen LogP contribution >= 0.6 is 70.6 Å². The van der Waals surface area contributed by atoms with E-state index in [1.54, 1.807) is 47.4 Å². The summed E-state index contributed by atoms with van der Waals surface area (Å²) in [5, 5.41) is 86.4. The highest BCUT2D eigenvalue weighted by molar-refractivity contribution is 8.01. The first-order valence-electron chi connectivity index (χ1n) is 45.1. The summed E-state index contributed by atoms with van der Waals surface area (Å²) >= 11 is 10.7. The van der Waals surface area contributed by atoms with Gasteiger partial charge in [-0.2, -0.15) is 13.2 Å². The number of nitro groups is 6. The van der Waals surface area contributed by atoms with E-state index in [2.05, 4.69) is 140 Å². The topological polar surface area (TPSA) is 331 Å². The van der Waals surface area contributed by atoms with Crippen LogP contribution in [-0.4, -0.2) is 96.3 Å². The van der Waals surface area contributed by atoms with Crippen LogP contribution < -0.4 is 31.9 Å². The van der Waals surface area contributed by atoms with Gasteiger partial charge in [0.25, 0.3) is 34.1 Å². The predicted octanol–water partition coefficient (Wildman–Crippen LogP) is 32.3. The summed E-state index contributed by atoms with van der Waals surface area (Å²) in [6.45, 7) is 30.6. The number of hydrogen-bond donors (Lipinski definition) is 6. The molecule has 0 unspecified atom stereocenters. The number of nitrogens with zero attached hydrogens (tertiary/aromatic N) is 6. The van der Waals surface area contributed by atoms with Gasteiger partial charge in [0.1, 0.15) is 17.3 Å². The van der Waals surface area contributed by atoms with Crippen molar-refractivity contribution in [1.82, 2.24) is 0 Å². The molecule has 6 aromatic carbocycles. The van der Waals surface area contributed by atoms with E-state index in [4.69, 9.17) is 0 Å². The van der Waals surface area contributed by atoms with Crippen molar-refractivity contribution in [2.24, 2.45) is 0 Å². The van der Waals surface area contributed by atoms with Gasteiger partial charge >= 0.3 is 6.18 Å². The maximum Gasteiger partial charge on any atom is 0.418 e. The summed E-state index contributed by atoms with van der Waals surface area (Å²) in [6, 6.07) is 26.8. The molecule has 0 saturated carbocycles. The lowest BCUT2D eigenvalue weighted by Gasteiger charge is -2.16. The molecule has 0 spiro atoms. The van der Waals surface area contributed by atoms with E-state index in [1.807, 2.05) is 30.4 Å². The number of nitrogens with one attached hydrogen (secondary N) is 6. The van der Waals surface area contributed by atoms with Crippen molar-refractivity contribution in [1.29, 1.82) is 0 Å². The first-order chi connectivity index (χ1) is 61.0. The zero-order valence-corrected chi connectivity index (χ0v) is 82.7. The third-order valence-electron chi connectivity index (χ3n) is 20.0. The lowest BCUT2D eigenvalue weighted by atomic mass is 10.1. The summed E-state index contributed by atoms with van der Waals surface area (Å²) in [5.41, 5.74) is 3.39. The monoisotopic (exact) mass is 1910 g/mol. The minimum absolute atomic E-state index is 0.128. The molecule has 0 aliphatic heterocycles. The normalized spacial score (nSPS) is 12.3. The lowest BCUT2D eigenvalue weighted by Crippen LogP contribution is -2.12. The van der Waals surface area contributed by atoms with Gasteiger partial charge in [-0.05, 0) is 112 Å². The molecule has 6 aromatic rings. The highest BCUT2D eigenvalue weighted by Crippen LogP contribution is 2.39. The molecule has 6 atom stereocenters. The Hall–Kier alpha value is -7.73. The number of unbranched alkanes of at least 4 members (excludes halogenated alkanes) is 18. The molecule has 0 aromatic heterocycles. The van der Waals surface area contributed by atoms with E-state index in [-0.39, 0.29) is 39.0 Å². The van der Waals surface area contributed by atoms with Crippen LogP contribution in [0.4, 0.5) is 90.2 Å². The largest absolute Gasteiger partial charge is 0.418 e. The van der Waals surface area contributed by atoms with Gasteiger partial charge in [-0.1, -0.05) is 243 Å². The van der Waals surface area contributed by atoms with Crippen LogP contribution in [0, 0.1) is 86.2 Å². The third-order valence-corrected chi connectivity index (χ3v) is 26.7. The van der Waals surface area contributed by atoms with E-state index in [1.165, 1.54) is 231 Å². The molecule has 128 heavy (non-hydrogen) atoms. The van der Waals surface area contributed by atoms with Gasteiger partial charge in [0.15, 0.2) is 0 Å². The van der Waals surface area contributed by atoms with E-state index >= 15 is 0 Å². The number of alkyl halides is 3. The average molecular weight is 1910 g/mol. The molecular weight excluding hydrogens is 1760 g/mol. The minimum atomic E-state index is -4.63. The minimum Gasteiger partial charge on any atom is -0.376 e. The fourth-order valence-corrected chi connectivity index (χ4v) is 17.7. The standard InChI is InChI=1S/C18H31NS.C16H25F2NS.C16H25N3O4S.C15H21F3N2O2S.C14H21N3O4S.C14H22N2O2S/c1-5-6-7-8-9-10-17(4)20-14-19-18-12-15(2)11-16(3)13-18;1-3-4-5-6-7-8-13(2)20-12-19-16-10-14(17)9-15(18)11-16;1-3-4-5-6-7-8-13(2)24-12-17-14-9-15(18(20)21)11-16(10-14)19(22)23;1-3-4-5-6-11(2)23-10-19-14-8-7-12(20(21)22)9-13(14)15(16,17)18;1-3-4-5-6-11(2)22-10-15-13-8-7-12(16(18)19)9-14(13)17(20)21;1-3-4-5-6-12(2)19-11-15-13-7-9-14(10-8-13)16(17)18/h11-13,17,19H,5-10,14H2,1-4H3;9-11,13,19H,3-8,12H2,1-2H3;9-11,13,17H,3-8,12H2,1-2H3;7-9,11,19H,3-6,10H2,1-2H3;7-9,11,15H,3-6,10H2,1-2H3;7-10,12,15H,3-6,11H2,1-2H3/t17-;2*13-;2*11-;12-/m111111/s1. The van der Waals surface area contributed by atoms with Gasteiger partial charge in [0, 0.05) is 108 Å². The second kappa shape index (κ2) is 72.0. The fourth-order valence-electron chi connectivity index (χ4n) is 12.6. The highest BCUT2D eigenvalue weighted by atomic mass is 32.2. The van der Waals surface area contributed by atoms with Crippen LogP contribution in [0.15, 0.2) is 115 Å². The van der Waals surface area contributed by atoms with E-state index in [0.717, 1.165) is 91.5 Å². The molecule has 0 bridgehead atoms. The molecular formula is C93H145F5N12O12S6. The number of aryl methyl sites for hydroxylation is 2. The number of benzene rings is 6. The number of hydrogen-bond acceptors (Lipinski definition) is 24. The van der Waals surface area contributed by atoms with Crippen LogP contribution in [0.5, 0.6) is 0 Å². The van der Waals surface area contributed by atoms with Crippen LogP contribution in [0.1, 0.15) is 292 Å². The average Bonchev–Trinajstić information content (AvgIpc) is 0.798. The Labute approximate surface area is 783 Å². The van der Waals surface area contributed by atoms with Gasteiger partial charge in [0.05, 0.1) is 82.5 Å². The molecule has 0 aliphatic carbocycles. The number of halogens is 5. The van der Waals surface area contributed by atoms with Gasteiger partial charge in [-0.15, -0.1) is 70.6 Å². The molecule has 0 amide bonds. The number of thioether (sulfide) groups is 6. The third kappa shape index (κ3) is 58.8. The number of rotatable bonds is 60. The van der Waals surface area contributed by atoms with Crippen LogP contribution in [-0.2, 0) is 6.18 Å². The van der Waals surface area contributed by atoms with Crippen molar-refractivity contribution < 1.29 is 51.5 Å². The van der Waals surface area contributed by atoms with E-state index in [0.29, 0.717) is 72.9 Å². The number of anilines is 6. The summed E-state index contributed by atoms with van der Waals surface area (Å²) < 4.78 is 65.0. The molecule has 0 fully saturated rings. The van der Waals surface area contributed by atoms with Gasteiger partial charge < -0.3 is 31.9 Å². The summed E-state index contributed by atoms with van der Waals surface area (Å²) in [7, 11) is 0. The Morgan fingerprint density at radius 2 is 0.562 bits per heavy atom. The molecule has 24 nitrogen and oxygen atoms in total. The Morgan fingerprint density at radius 3 is 0.891 bits per heavy atom. The lowest BCUT2D eigenvalue weighted by molar-refractivity contribution is -0.394. The van der Waals surface area contributed by atoms with Gasteiger partial charge in [-0.3, -0.25) is 60.7 Å². The quantitative estimate of drug-likeness (QED) is 0.00679. The summed E-state index contributed by atoms with van der Waals surface area (Å²) in [4.78, 5) is 60.8. The number of non-ortho nitro benzene ring substituents is 5. The molecule has 0 aliphatic rings. The predicted molar refractivity (Wildman–Crippen MR) is 539 cm³/mol. The van der Waals surface area contributed by atoms with Crippen molar-refractivity contribution in [2.75, 3.05) is 67.2 Å². The molecule has 35 heteroatoms. The SMILES string of the molecule is CCCCCCC[C@@H](C)SCNc1cc(C)cc(C)c1.CCCCCCC[C@@H](C)SCNc1cc(F)cc(F)c1.CCCCCCC[C@@H](C)SCNc1cc([N+](=O)[O-])cc([N+](=O)[O-])c1.CCCCC[C@@H](C)SCNc1ccc([N+](=O)[O-])cc1.CCCCC[C@@H](C)SCNc1ccc([N+](=O)[O-])cc1C(F)(F)F.CCCCC[C@@H](C)SCNc1ccc([N+](=O)[O-])cc1[N+](=O)[O-]. The van der Waals surface area contributed by atoms with Crippen LogP contribution in [0.2, 0.25) is 0 Å². The molecule has 0 radical (unpaired) electrons.